The van der Waals surface area contributed by atoms with Crippen molar-refractivity contribution >= 4 is 35.2 Å². The zero-order valence-corrected chi connectivity index (χ0v) is 16.2. The van der Waals surface area contributed by atoms with Crippen molar-refractivity contribution in [3.05, 3.63) is 53.8 Å². The standard InChI is InChI=1S/C21H19N3O6/c1-12-10-17(23-30-12)22-18(25)11-29-21(28)13-6-8-14(9-7-13)24-19(26)15-4-2-3-5-16(15)20(24)27/h2-3,6-10,15-16H,4-5,11H2,1H3,(H,22,23,25). The van der Waals surface area contributed by atoms with Gasteiger partial charge < -0.3 is 14.6 Å². The molecule has 1 aliphatic heterocycles. The largest absolute Gasteiger partial charge is 0.452 e. The second-order valence-corrected chi connectivity index (χ2v) is 7.16. The smallest absolute Gasteiger partial charge is 0.338 e. The molecule has 30 heavy (non-hydrogen) atoms. The predicted molar refractivity (Wildman–Crippen MR) is 104 cm³/mol. The van der Waals surface area contributed by atoms with Crippen LogP contribution in [0.4, 0.5) is 11.5 Å². The van der Waals surface area contributed by atoms with Gasteiger partial charge in [-0.2, -0.15) is 0 Å². The highest BCUT2D eigenvalue weighted by Gasteiger charge is 2.47. The van der Waals surface area contributed by atoms with Crippen LogP contribution in [0.3, 0.4) is 0 Å². The van der Waals surface area contributed by atoms with Gasteiger partial charge in [-0.3, -0.25) is 19.3 Å². The number of carbonyl (C=O) groups excluding carboxylic acids is 4. The SMILES string of the molecule is Cc1cc(NC(=O)COC(=O)c2ccc(N3C(=O)C4CC=CCC4C3=O)cc2)no1. The average molecular weight is 409 g/mol. The molecule has 4 rings (SSSR count). The first-order valence-corrected chi connectivity index (χ1v) is 9.47. The molecule has 0 spiro atoms. The van der Waals surface area contributed by atoms with E-state index >= 15 is 0 Å². The Kier molecular flexibility index (Phi) is 5.18. The number of esters is 1. The highest BCUT2D eigenvalue weighted by atomic mass is 16.5. The van der Waals surface area contributed by atoms with E-state index in [1.165, 1.54) is 35.2 Å². The zero-order chi connectivity index (χ0) is 21.3. The Morgan fingerprint density at radius 2 is 1.77 bits per heavy atom. The lowest BCUT2D eigenvalue weighted by Gasteiger charge is -2.15. The molecule has 0 bridgehead atoms. The molecule has 1 aromatic heterocycles. The normalized spacial score (nSPS) is 20.2. The van der Waals surface area contributed by atoms with Crippen LogP contribution in [0.15, 0.2) is 47.0 Å². The summed E-state index contributed by atoms with van der Waals surface area (Å²) in [7, 11) is 0. The maximum Gasteiger partial charge on any atom is 0.338 e. The zero-order valence-electron chi connectivity index (χ0n) is 16.2. The molecule has 154 valence electrons. The molecule has 2 aromatic rings. The first-order valence-electron chi connectivity index (χ1n) is 9.47. The summed E-state index contributed by atoms with van der Waals surface area (Å²) in [5.41, 5.74) is 0.608. The van der Waals surface area contributed by atoms with E-state index < -0.39 is 18.5 Å². The van der Waals surface area contributed by atoms with Crippen LogP contribution in [0.5, 0.6) is 0 Å². The maximum absolute atomic E-state index is 12.6. The molecule has 9 heteroatoms. The monoisotopic (exact) mass is 409 g/mol. The van der Waals surface area contributed by atoms with Gasteiger partial charge in [0.15, 0.2) is 12.4 Å². The molecular formula is C21H19N3O6. The van der Waals surface area contributed by atoms with Crippen molar-refractivity contribution in [2.75, 3.05) is 16.8 Å². The molecule has 1 aromatic carbocycles. The highest BCUT2D eigenvalue weighted by molar-refractivity contribution is 6.22. The van der Waals surface area contributed by atoms with E-state index in [0.717, 1.165) is 0 Å². The van der Waals surface area contributed by atoms with E-state index in [1.54, 1.807) is 6.92 Å². The number of hydrogen-bond acceptors (Lipinski definition) is 7. The van der Waals surface area contributed by atoms with E-state index in [4.69, 9.17) is 9.26 Å². The first-order chi connectivity index (χ1) is 14.4. The van der Waals surface area contributed by atoms with Gasteiger partial charge in [0, 0.05) is 6.07 Å². The fourth-order valence-electron chi connectivity index (χ4n) is 3.62. The maximum atomic E-state index is 12.6. The summed E-state index contributed by atoms with van der Waals surface area (Å²) in [5.74, 6) is -1.57. The van der Waals surface area contributed by atoms with Crippen LogP contribution >= 0.6 is 0 Å². The molecule has 9 nitrogen and oxygen atoms in total. The van der Waals surface area contributed by atoms with Crippen LogP contribution in [0.2, 0.25) is 0 Å². The molecule has 2 aliphatic rings. The number of aromatic nitrogens is 1. The van der Waals surface area contributed by atoms with Gasteiger partial charge in [0.1, 0.15) is 5.76 Å². The first kappa shape index (κ1) is 19.6. The third-order valence-corrected chi connectivity index (χ3v) is 5.10. The molecule has 1 fully saturated rings. The van der Waals surface area contributed by atoms with Gasteiger partial charge >= 0.3 is 5.97 Å². The Morgan fingerprint density at radius 3 is 2.33 bits per heavy atom. The van der Waals surface area contributed by atoms with Crippen LogP contribution in [0.25, 0.3) is 0 Å². The molecule has 0 saturated carbocycles. The second kappa shape index (κ2) is 7.94. The number of ether oxygens (including phenoxy) is 1. The van der Waals surface area contributed by atoms with E-state index in [-0.39, 0.29) is 35.0 Å². The number of allylic oxidation sites excluding steroid dienone is 2. The summed E-state index contributed by atoms with van der Waals surface area (Å²) in [4.78, 5) is 50.4. The van der Waals surface area contributed by atoms with Crippen LogP contribution in [0, 0.1) is 18.8 Å². The highest BCUT2D eigenvalue weighted by Crippen LogP contribution is 2.37. The number of imide groups is 1. The Labute approximate surface area is 171 Å². The van der Waals surface area contributed by atoms with Gasteiger partial charge in [0.05, 0.1) is 23.1 Å². The molecule has 1 aliphatic carbocycles. The lowest BCUT2D eigenvalue weighted by atomic mass is 9.85. The van der Waals surface area contributed by atoms with Crippen LogP contribution in [0.1, 0.15) is 29.0 Å². The van der Waals surface area contributed by atoms with Gasteiger partial charge in [-0.05, 0) is 44.0 Å². The fraction of sp³-hybridized carbons (Fsp3) is 0.286. The summed E-state index contributed by atoms with van der Waals surface area (Å²) < 4.78 is 9.82. The summed E-state index contributed by atoms with van der Waals surface area (Å²) in [6, 6.07) is 7.49. The number of hydrogen-bond donors (Lipinski definition) is 1. The Balaban J connectivity index is 1.36. The number of carbonyl (C=O) groups is 4. The number of benzene rings is 1. The summed E-state index contributed by atoms with van der Waals surface area (Å²) >= 11 is 0. The van der Waals surface area contributed by atoms with Crippen molar-refractivity contribution in [1.29, 1.82) is 0 Å². The molecule has 1 saturated heterocycles. The number of rotatable bonds is 5. The minimum atomic E-state index is -0.704. The Bertz CT molecular complexity index is 1010. The molecule has 2 heterocycles. The molecule has 2 atom stereocenters. The van der Waals surface area contributed by atoms with Crippen molar-refractivity contribution in [1.82, 2.24) is 5.16 Å². The van der Waals surface area contributed by atoms with E-state index in [0.29, 0.717) is 24.3 Å². The van der Waals surface area contributed by atoms with Crippen molar-refractivity contribution in [3.8, 4) is 0 Å². The van der Waals surface area contributed by atoms with Crippen LogP contribution in [-0.2, 0) is 19.1 Å². The van der Waals surface area contributed by atoms with Crippen molar-refractivity contribution < 1.29 is 28.4 Å². The summed E-state index contributed by atoms with van der Waals surface area (Å²) in [6.07, 6.45) is 4.97. The van der Waals surface area contributed by atoms with Crippen molar-refractivity contribution in [2.24, 2.45) is 11.8 Å². The molecule has 2 unspecified atom stereocenters. The summed E-state index contributed by atoms with van der Waals surface area (Å²) in [6.45, 7) is 1.19. The summed E-state index contributed by atoms with van der Waals surface area (Å²) in [5, 5.41) is 6.06. The number of aryl methyl sites for hydroxylation is 1. The number of amides is 3. The lowest BCUT2D eigenvalue weighted by Crippen LogP contribution is -2.30. The number of anilines is 2. The fourth-order valence-corrected chi connectivity index (χ4v) is 3.62. The third kappa shape index (κ3) is 3.73. The Morgan fingerprint density at radius 1 is 1.13 bits per heavy atom. The van der Waals surface area contributed by atoms with Gasteiger partial charge in [0.2, 0.25) is 11.8 Å². The van der Waals surface area contributed by atoms with Crippen LogP contribution in [-0.4, -0.2) is 35.5 Å². The quantitative estimate of drug-likeness (QED) is 0.457. The number of nitrogens with one attached hydrogen (secondary N) is 1. The molecular weight excluding hydrogens is 390 g/mol. The van der Waals surface area contributed by atoms with Gasteiger partial charge in [0.25, 0.3) is 5.91 Å². The van der Waals surface area contributed by atoms with E-state index in [1.807, 2.05) is 12.2 Å². The van der Waals surface area contributed by atoms with Crippen molar-refractivity contribution in [2.45, 2.75) is 19.8 Å². The molecule has 3 amide bonds. The minimum Gasteiger partial charge on any atom is -0.452 e. The van der Waals surface area contributed by atoms with Crippen LogP contribution < -0.4 is 10.2 Å². The van der Waals surface area contributed by atoms with E-state index in [9.17, 15) is 19.2 Å². The van der Waals surface area contributed by atoms with E-state index in [2.05, 4.69) is 10.5 Å². The molecule has 1 N–H and O–H groups in total. The van der Waals surface area contributed by atoms with Gasteiger partial charge in [-0.25, -0.2) is 4.79 Å². The number of nitrogens with zero attached hydrogens (tertiary/aromatic N) is 2. The third-order valence-electron chi connectivity index (χ3n) is 5.10. The minimum absolute atomic E-state index is 0.196. The van der Waals surface area contributed by atoms with Gasteiger partial charge in [-0.15, -0.1) is 0 Å². The van der Waals surface area contributed by atoms with Crippen molar-refractivity contribution in [3.63, 3.8) is 0 Å². The molecule has 0 radical (unpaired) electrons. The second-order valence-electron chi connectivity index (χ2n) is 7.16. The Hall–Kier alpha value is -3.75. The van der Waals surface area contributed by atoms with Gasteiger partial charge in [-0.1, -0.05) is 17.3 Å². The predicted octanol–water partition coefficient (Wildman–Crippen LogP) is 2.23. The topological polar surface area (TPSA) is 119 Å². The average Bonchev–Trinajstić information content (AvgIpc) is 3.27. The number of fused-ring (bicyclic) bond motifs is 1. The lowest BCUT2D eigenvalue weighted by molar-refractivity contribution is -0.122.